The Balaban J connectivity index is 2.05. The summed E-state index contributed by atoms with van der Waals surface area (Å²) in [5, 5.41) is 6.94. The second-order valence-electron chi connectivity index (χ2n) is 7.79. The molecule has 140 valence electrons. The Morgan fingerprint density at radius 2 is 1.67 bits per heavy atom. The van der Waals surface area contributed by atoms with Crippen molar-refractivity contribution < 1.29 is 0 Å². The van der Waals surface area contributed by atoms with Crippen molar-refractivity contribution in [2.75, 3.05) is 10.6 Å². The molecule has 0 unspecified atom stereocenters. The summed E-state index contributed by atoms with van der Waals surface area (Å²) in [5.41, 5.74) is 5.45. The summed E-state index contributed by atoms with van der Waals surface area (Å²) in [5.74, 6) is 1.41. The first kappa shape index (κ1) is 18.9. The van der Waals surface area contributed by atoms with Gasteiger partial charge < -0.3 is 10.6 Å². The number of rotatable bonds is 5. The Morgan fingerprint density at radius 1 is 0.926 bits per heavy atom. The number of nitrogens with one attached hydrogen (secondary N) is 2. The van der Waals surface area contributed by atoms with Crippen molar-refractivity contribution >= 4 is 17.5 Å². The molecule has 0 aliphatic heterocycles. The molecule has 3 rings (SSSR count). The highest BCUT2D eigenvalue weighted by Gasteiger charge is 2.15. The van der Waals surface area contributed by atoms with Gasteiger partial charge in [-0.05, 0) is 45.2 Å². The summed E-state index contributed by atoms with van der Waals surface area (Å²) in [6, 6.07) is 18.6. The van der Waals surface area contributed by atoms with E-state index in [0.717, 1.165) is 29.2 Å². The van der Waals surface area contributed by atoms with Crippen molar-refractivity contribution in [3.8, 4) is 11.3 Å². The molecule has 2 N–H and O–H groups in total. The zero-order valence-electron chi connectivity index (χ0n) is 16.8. The lowest BCUT2D eigenvalue weighted by Crippen LogP contribution is -2.27. The minimum absolute atomic E-state index is 0.121. The molecule has 0 radical (unpaired) electrons. The Bertz CT molecular complexity index is 911. The summed E-state index contributed by atoms with van der Waals surface area (Å²) >= 11 is 0. The van der Waals surface area contributed by atoms with Gasteiger partial charge in [-0.2, -0.15) is 4.98 Å². The van der Waals surface area contributed by atoms with Crippen molar-refractivity contribution in [1.29, 1.82) is 0 Å². The molecule has 4 nitrogen and oxygen atoms in total. The standard InChI is InChI=1S/C23H28N4/c1-6-17-14-10-11-16(2)21(17)25-20-15-19(18-12-8-7-9-13-18)24-22(26-20)27-23(3,4)5/h7-15H,6H2,1-5H3,(H2,24,25,26,27). The third-order valence-electron chi connectivity index (χ3n) is 4.28. The largest absolute Gasteiger partial charge is 0.350 e. The van der Waals surface area contributed by atoms with E-state index < -0.39 is 0 Å². The molecular weight excluding hydrogens is 332 g/mol. The van der Waals surface area contributed by atoms with E-state index >= 15 is 0 Å². The molecule has 4 heteroatoms. The molecule has 1 aromatic heterocycles. The van der Waals surface area contributed by atoms with E-state index in [1.807, 2.05) is 24.3 Å². The van der Waals surface area contributed by atoms with Crippen molar-refractivity contribution in [2.24, 2.45) is 0 Å². The molecule has 2 aromatic carbocycles. The molecule has 0 saturated carbocycles. The predicted octanol–water partition coefficient (Wildman–Crippen LogP) is 5.97. The van der Waals surface area contributed by atoms with Gasteiger partial charge in [-0.15, -0.1) is 0 Å². The quantitative estimate of drug-likeness (QED) is 0.588. The maximum Gasteiger partial charge on any atom is 0.225 e. The average Bonchev–Trinajstić information content (AvgIpc) is 2.62. The van der Waals surface area contributed by atoms with Crippen molar-refractivity contribution in [2.45, 2.75) is 46.6 Å². The average molecular weight is 361 g/mol. The highest BCUT2D eigenvalue weighted by molar-refractivity contribution is 5.70. The van der Waals surface area contributed by atoms with Crippen LogP contribution in [0.25, 0.3) is 11.3 Å². The summed E-state index contributed by atoms with van der Waals surface area (Å²) in [7, 11) is 0. The molecule has 0 saturated heterocycles. The van der Waals surface area contributed by atoms with Crippen LogP contribution in [0.4, 0.5) is 17.5 Å². The molecule has 0 aliphatic rings. The third kappa shape index (κ3) is 4.85. The van der Waals surface area contributed by atoms with Gasteiger partial charge in [-0.25, -0.2) is 4.98 Å². The van der Waals surface area contributed by atoms with Crippen LogP contribution in [0.5, 0.6) is 0 Å². The topological polar surface area (TPSA) is 49.8 Å². The molecule has 3 aromatic rings. The molecular formula is C23H28N4. The highest BCUT2D eigenvalue weighted by atomic mass is 15.2. The Hall–Kier alpha value is -2.88. The van der Waals surface area contributed by atoms with Gasteiger partial charge in [0.1, 0.15) is 5.82 Å². The van der Waals surface area contributed by atoms with Crippen molar-refractivity contribution in [3.63, 3.8) is 0 Å². The summed E-state index contributed by atoms with van der Waals surface area (Å²) < 4.78 is 0. The van der Waals surface area contributed by atoms with Crippen LogP contribution in [0, 0.1) is 6.92 Å². The van der Waals surface area contributed by atoms with Gasteiger partial charge in [0, 0.05) is 22.9 Å². The number of para-hydroxylation sites is 1. The van der Waals surface area contributed by atoms with Crippen LogP contribution in [0.15, 0.2) is 54.6 Å². The number of anilines is 3. The van der Waals surface area contributed by atoms with Gasteiger partial charge in [-0.3, -0.25) is 0 Å². The van der Waals surface area contributed by atoms with Gasteiger partial charge in [0.2, 0.25) is 5.95 Å². The highest BCUT2D eigenvalue weighted by Crippen LogP contribution is 2.28. The molecule has 1 heterocycles. The minimum atomic E-state index is -0.121. The van der Waals surface area contributed by atoms with E-state index in [1.165, 1.54) is 11.1 Å². The van der Waals surface area contributed by atoms with Gasteiger partial charge in [-0.1, -0.05) is 55.5 Å². The Morgan fingerprint density at radius 3 is 2.33 bits per heavy atom. The maximum absolute atomic E-state index is 4.73. The molecule has 0 amide bonds. The number of hydrogen-bond donors (Lipinski definition) is 2. The van der Waals surface area contributed by atoms with Crippen molar-refractivity contribution in [1.82, 2.24) is 9.97 Å². The Kier molecular flexibility index (Phi) is 5.45. The number of aromatic nitrogens is 2. The molecule has 0 atom stereocenters. The second-order valence-corrected chi connectivity index (χ2v) is 7.79. The first-order valence-corrected chi connectivity index (χ1v) is 9.44. The normalized spacial score (nSPS) is 11.3. The summed E-state index contributed by atoms with van der Waals surface area (Å²) in [6.07, 6.45) is 0.966. The van der Waals surface area contributed by atoms with Crippen LogP contribution < -0.4 is 10.6 Å². The minimum Gasteiger partial charge on any atom is -0.350 e. The van der Waals surface area contributed by atoms with E-state index in [-0.39, 0.29) is 5.54 Å². The zero-order chi connectivity index (χ0) is 19.4. The predicted molar refractivity (Wildman–Crippen MR) is 115 cm³/mol. The van der Waals surface area contributed by atoms with Crippen LogP contribution in [0.1, 0.15) is 38.8 Å². The van der Waals surface area contributed by atoms with E-state index in [0.29, 0.717) is 5.95 Å². The smallest absolute Gasteiger partial charge is 0.225 e. The van der Waals surface area contributed by atoms with E-state index in [9.17, 15) is 0 Å². The van der Waals surface area contributed by atoms with Crippen molar-refractivity contribution in [3.05, 3.63) is 65.7 Å². The molecule has 0 aliphatic carbocycles. The lowest BCUT2D eigenvalue weighted by molar-refractivity contribution is 0.626. The van der Waals surface area contributed by atoms with E-state index in [2.05, 4.69) is 75.6 Å². The lowest BCUT2D eigenvalue weighted by Gasteiger charge is -2.22. The number of nitrogens with zero attached hydrogens (tertiary/aromatic N) is 2. The van der Waals surface area contributed by atoms with Crippen LogP contribution >= 0.6 is 0 Å². The van der Waals surface area contributed by atoms with Crippen LogP contribution in [0.3, 0.4) is 0 Å². The van der Waals surface area contributed by atoms with Crippen LogP contribution in [0.2, 0.25) is 0 Å². The fourth-order valence-corrected chi connectivity index (χ4v) is 2.99. The zero-order valence-corrected chi connectivity index (χ0v) is 16.8. The number of aryl methyl sites for hydroxylation is 2. The third-order valence-corrected chi connectivity index (χ3v) is 4.28. The monoisotopic (exact) mass is 360 g/mol. The molecule has 0 bridgehead atoms. The van der Waals surface area contributed by atoms with E-state index in [4.69, 9.17) is 9.97 Å². The van der Waals surface area contributed by atoms with Gasteiger partial charge in [0.05, 0.1) is 5.69 Å². The molecule has 0 spiro atoms. The molecule has 27 heavy (non-hydrogen) atoms. The number of hydrogen-bond acceptors (Lipinski definition) is 4. The SMILES string of the molecule is CCc1cccc(C)c1Nc1cc(-c2ccccc2)nc(NC(C)(C)C)n1. The number of benzene rings is 2. The lowest BCUT2D eigenvalue weighted by atomic mass is 10.1. The van der Waals surface area contributed by atoms with Gasteiger partial charge in [0.15, 0.2) is 0 Å². The fraction of sp³-hybridized carbons (Fsp3) is 0.304. The summed E-state index contributed by atoms with van der Waals surface area (Å²) in [4.78, 5) is 9.46. The maximum atomic E-state index is 4.73. The fourth-order valence-electron chi connectivity index (χ4n) is 2.99. The Labute approximate surface area is 162 Å². The van der Waals surface area contributed by atoms with Crippen LogP contribution in [-0.2, 0) is 6.42 Å². The first-order chi connectivity index (χ1) is 12.9. The molecule has 0 fully saturated rings. The second kappa shape index (κ2) is 7.78. The van der Waals surface area contributed by atoms with Gasteiger partial charge in [0.25, 0.3) is 0 Å². The first-order valence-electron chi connectivity index (χ1n) is 9.44. The van der Waals surface area contributed by atoms with E-state index in [1.54, 1.807) is 0 Å². The summed E-state index contributed by atoms with van der Waals surface area (Å²) in [6.45, 7) is 10.6. The van der Waals surface area contributed by atoms with Gasteiger partial charge >= 0.3 is 0 Å². The van der Waals surface area contributed by atoms with Crippen LogP contribution in [-0.4, -0.2) is 15.5 Å².